The summed E-state index contributed by atoms with van der Waals surface area (Å²) in [6.07, 6.45) is -1.58. The second-order valence-corrected chi connectivity index (χ2v) is 20.1. The van der Waals surface area contributed by atoms with Gasteiger partial charge in [0.25, 0.3) is 0 Å². The summed E-state index contributed by atoms with van der Waals surface area (Å²) >= 11 is 0. The topological polar surface area (TPSA) is 453 Å². The Morgan fingerprint density at radius 1 is 0.280 bits per heavy atom. The van der Waals surface area contributed by atoms with Gasteiger partial charge in [-0.05, 0) is 118 Å². The van der Waals surface area contributed by atoms with Crippen LogP contribution in [0.5, 0.6) is 46.0 Å². The maximum atomic E-state index is 11.9. The lowest BCUT2D eigenvalue weighted by Gasteiger charge is -2.14. The van der Waals surface area contributed by atoms with Crippen LogP contribution in [0.2, 0.25) is 0 Å². The number of carbonyl (C=O) groups is 8. The summed E-state index contributed by atoms with van der Waals surface area (Å²) < 4.78 is 38.8. The number of carbonyl (C=O) groups excluding carboxylic acids is 8. The average Bonchev–Trinajstić information content (AvgIpc) is 0.987. The number of ether oxygens (including phenoxy) is 8. The molecule has 0 saturated heterocycles. The van der Waals surface area contributed by atoms with Gasteiger partial charge in [0.1, 0.15) is 136 Å². The number of hydrogen-bond acceptors (Lipinski definition) is 28. The monoisotopic (exact) mass is 1390 g/mol. The molecule has 532 valence electrons. The summed E-state index contributed by atoms with van der Waals surface area (Å²) in [5.74, 6) is -6.52. The van der Waals surface area contributed by atoms with Gasteiger partial charge in [-0.2, -0.15) is 0 Å². The van der Waals surface area contributed by atoms with Gasteiger partial charge in [0.2, 0.25) is 0 Å². The van der Waals surface area contributed by atoms with Gasteiger partial charge in [-0.15, -0.1) is 0 Å². The Labute approximate surface area is 572 Å². The van der Waals surface area contributed by atoms with Crippen LogP contribution in [0, 0.1) is 0 Å². The maximum absolute atomic E-state index is 11.9. The third-order valence-corrected chi connectivity index (χ3v) is 12.2. The van der Waals surface area contributed by atoms with E-state index in [1.807, 2.05) is 0 Å². The summed E-state index contributed by atoms with van der Waals surface area (Å²) in [6, 6.07) is 48.3. The third-order valence-electron chi connectivity index (χ3n) is 12.2. The van der Waals surface area contributed by atoms with Crippen LogP contribution in [-0.2, 0) is 37.9 Å². The standard InChI is InChI=1S/C17H16O6.C16H14O6.3C10H12O4.C9H10O4/c1-11(23-17(21)13-7-3-5-9-15(13)19)10-22-16(20)12-6-2-4-8-14(12)18;17-13-7-3-1-5-11(13)15(19)21-9-10-22-16(20)12-6-2-4-8-14(12)18;1-7(11)6-14-10(13)8-4-2-3-5-9(8)12;1-7(6-11)14-10(13)8-4-2-3-5-9(8)12;11-6-3-7-14-10(13)8-4-1-2-5-9(8)12;10-5-6-13-9(12)7-3-1-2-4-8(7)11/h2-9,11,18-19H,10H2,1H3;1-8,17-18H,9-10H2;2*2-5,7,11-12H,6H2,1H3;1-2,4-5,11-12H,3,6-7H2;1-4,10-11H,5-6H2. The van der Waals surface area contributed by atoms with Gasteiger partial charge in [-0.3, -0.25) is 0 Å². The van der Waals surface area contributed by atoms with Gasteiger partial charge >= 0.3 is 47.8 Å². The third kappa shape index (κ3) is 29.8. The minimum Gasteiger partial charge on any atom is -0.507 e. The molecule has 3 unspecified atom stereocenters. The minimum atomic E-state index is -0.714. The van der Waals surface area contributed by atoms with Crippen molar-refractivity contribution in [2.24, 2.45) is 0 Å². The zero-order valence-corrected chi connectivity index (χ0v) is 54.2. The highest BCUT2D eigenvalue weighted by Crippen LogP contribution is 2.23. The molecule has 0 saturated carbocycles. The lowest BCUT2D eigenvalue weighted by atomic mass is 10.2. The van der Waals surface area contributed by atoms with Crippen molar-refractivity contribution in [1.29, 1.82) is 0 Å². The first-order valence-electron chi connectivity index (χ1n) is 30.0. The van der Waals surface area contributed by atoms with Crippen molar-refractivity contribution >= 4 is 47.8 Å². The van der Waals surface area contributed by atoms with E-state index in [9.17, 15) is 79.2 Å². The predicted molar refractivity (Wildman–Crippen MR) is 354 cm³/mol. The van der Waals surface area contributed by atoms with Gasteiger partial charge in [0.05, 0.1) is 25.9 Å². The Morgan fingerprint density at radius 2 is 0.500 bits per heavy atom. The van der Waals surface area contributed by atoms with E-state index in [0.717, 1.165) is 0 Å². The molecule has 8 rings (SSSR count). The minimum absolute atomic E-state index is 0.0198. The fraction of sp³-hybridized carbons (Fsp3) is 0.222. The molecule has 8 aromatic rings. The first-order valence-corrected chi connectivity index (χ1v) is 30.0. The fourth-order valence-electron chi connectivity index (χ4n) is 7.23. The van der Waals surface area contributed by atoms with Crippen LogP contribution in [0.15, 0.2) is 194 Å². The summed E-state index contributed by atoms with van der Waals surface area (Å²) in [6.45, 7) is 3.67. The first-order chi connectivity index (χ1) is 47.8. The van der Waals surface area contributed by atoms with Gasteiger partial charge in [0.15, 0.2) is 0 Å². The zero-order chi connectivity index (χ0) is 73.9. The number of hydrogen-bond donors (Lipinski definition) is 12. The quantitative estimate of drug-likeness (QED) is 0.0164. The number of rotatable bonds is 23. The van der Waals surface area contributed by atoms with Crippen molar-refractivity contribution in [3.05, 3.63) is 239 Å². The fourth-order valence-corrected chi connectivity index (χ4v) is 7.23. The Morgan fingerprint density at radius 3 is 0.740 bits per heavy atom. The van der Waals surface area contributed by atoms with E-state index in [4.69, 9.17) is 53.6 Å². The molecule has 0 aliphatic heterocycles. The number of esters is 8. The van der Waals surface area contributed by atoms with Crippen LogP contribution in [-0.4, -0.2) is 187 Å². The van der Waals surface area contributed by atoms with Gasteiger partial charge in [-0.1, -0.05) is 97.1 Å². The maximum Gasteiger partial charge on any atom is 0.342 e. The molecule has 12 N–H and O–H groups in total. The Balaban J connectivity index is 0.000000317. The van der Waals surface area contributed by atoms with E-state index in [0.29, 0.717) is 6.42 Å². The van der Waals surface area contributed by atoms with Crippen LogP contribution < -0.4 is 0 Å². The number of phenolic OH excluding ortho intramolecular Hbond substituents is 8. The highest BCUT2D eigenvalue weighted by molar-refractivity contribution is 5.96. The summed E-state index contributed by atoms with van der Waals surface area (Å²) in [7, 11) is 0. The summed E-state index contributed by atoms with van der Waals surface area (Å²) in [5.41, 5.74) is 0.601. The number of benzene rings is 8. The van der Waals surface area contributed by atoms with E-state index in [1.165, 1.54) is 104 Å². The predicted octanol–water partition coefficient (Wildman–Crippen LogP) is 7.94. The van der Waals surface area contributed by atoms with E-state index in [2.05, 4.69) is 4.74 Å². The molecule has 0 heterocycles. The van der Waals surface area contributed by atoms with Crippen molar-refractivity contribution in [2.45, 2.75) is 45.5 Å². The second kappa shape index (κ2) is 45.2. The Hall–Kier alpha value is -12.2. The lowest BCUT2D eigenvalue weighted by molar-refractivity contribution is 0.00413. The molecule has 0 spiro atoms. The molecule has 100 heavy (non-hydrogen) atoms. The van der Waals surface area contributed by atoms with Crippen molar-refractivity contribution < 1.29 is 138 Å². The van der Waals surface area contributed by atoms with E-state index >= 15 is 0 Å². The van der Waals surface area contributed by atoms with Crippen LogP contribution in [0.25, 0.3) is 0 Å². The first kappa shape index (κ1) is 82.0. The molecular formula is C72H76O28. The van der Waals surface area contributed by atoms with Crippen molar-refractivity contribution in [2.75, 3.05) is 59.5 Å². The Kier molecular flexibility index (Phi) is 37.1. The van der Waals surface area contributed by atoms with E-state index in [-0.39, 0.29) is 150 Å². The number of aromatic hydroxyl groups is 8. The van der Waals surface area contributed by atoms with Crippen molar-refractivity contribution in [3.8, 4) is 46.0 Å². The van der Waals surface area contributed by atoms with Crippen LogP contribution >= 0.6 is 0 Å². The molecule has 0 bridgehead atoms. The molecule has 0 radical (unpaired) electrons. The normalized spacial score (nSPS) is 10.9. The highest BCUT2D eigenvalue weighted by Gasteiger charge is 2.21. The molecule has 0 aromatic heterocycles. The SMILES string of the molecule is CC(CO)OC(=O)c1ccccc1O.CC(COC(=O)c1ccccc1O)OC(=O)c1ccccc1O.CC(O)COC(=O)c1ccccc1O.O=C(OCCCO)c1ccccc1O.O=C(OCCO)c1ccccc1O.O=C(OCCOC(=O)c1ccccc1O)c1ccccc1O. The molecule has 28 heteroatoms. The second-order valence-electron chi connectivity index (χ2n) is 20.1. The van der Waals surface area contributed by atoms with Gasteiger partial charge in [-0.25, -0.2) is 38.4 Å². The molecule has 28 nitrogen and oxygen atoms in total. The highest BCUT2D eigenvalue weighted by atomic mass is 16.6. The Bertz CT molecular complexity index is 3830. The largest absolute Gasteiger partial charge is 0.507 e. The van der Waals surface area contributed by atoms with Gasteiger partial charge < -0.3 is 99.2 Å². The lowest BCUT2D eigenvalue weighted by Crippen LogP contribution is -2.22. The van der Waals surface area contributed by atoms with Crippen LogP contribution in [0.3, 0.4) is 0 Å². The zero-order valence-electron chi connectivity index (χ0n) is 54.2. The summed E-state index contributed by atoms with van der Waals surface area (Å²) in [5, 5.41) is 110. The summed E-state index contributed by atoms with van der Waals surface area (Å²) in [4.78, 5) is 92.1. The number of para-hydroxylation sites is 8. The molecule has 0 aliphatic carbocycles. The van der Waals surface area contributed by atoms with Crippen LogP contribution in [0.1, 0.15) is 110 Å². The smallest absolute Gasteiger partial charge is 0.342 e. The number of phenols is 8. The average molecular weight is 1390 g/mol. The van der Waals surface area contributed by atoms with E-state index < -0.39 is 66.1 Å². The molecule has 3 atom stereocenters. The van der Waals surface area contributed by atoms with Crippen molar-refractivity contribution in [1.82, 2.24) is 0 Å². The van der Waals surface area contributed by atoms with E-state index in [1.54, 1.807) is 111 Å². The van der Waals surface area contributed by atoms with Crippen molar-refractivity contribution in [3.63, 3.8) is 0 Å². The molecule has 8 aromatic carbocycles. The molecule has 0 aliphatic rings. The van der Waals surface area contributed by atoms with Crippen LogP contribution in [0.4, 0.5) is 0 Å². The number of aliphatic hydroxyl groups excluding tert-OH is 4. The molecular weight excluding hydrogens is 1310 g/mol. The number of aliphatic hydroxyl groups is 4. The molecule has 0 amide bonds. The molecule has 0 fully saturated rings. The van der Waals surface area contributed by atoms with Gasteiger partial charge in [0, 0.05) is 13.0 Å².